The highest BCUT2D eigenvalue weighted by molar-refractivity contribution is 5.93. The Labute approximate surface area is 87.8 Å². The molecular formula is C8H16N6O. The van der Waals surface area contributed by atoms with Crippen LogP contribution in [0.4, 0.5) is 5.95 Å². The fourth-order valence-electron chi connectivity index (χ4n) is 1.40. The maximum atomic E-state index is 11.9. The first-order valence-corrected chi connectivity index (χ1v) is 4.93. The van der Waals surface area contributed by atoms with Crippen molar-refractivity contribution in [1.29, 1.82) is 0 Å². The molecule has 15 heavy (non-hydrogen) atoms. The molecule has 0 saturated carbocycles. The molecule has 0 unspecified atom stereocenters. The van der Waals surface area contributed by atoms with E-state index in [2.05, 4.69) is 25.9 Å². The number of H-pyrrole nitrogens is 1. The third-order valence-electron chi connectivity index (χ3n) is 2.80. The number of amides is 1. The molecule has 1 aromatic rings. The van der Waals surface area contributed by atoms with Gasteiger partial charge in [-0.1, -0.05) is 18.9 Å². The summed E-state index contributed by atoms with van der Waals surface area (Å²) in [6, 6.07) is 0. The summed E-state index contributed by atoms with van der Waals surface area (Å²) in [6.45, 7) is 4.18. The van der Waals surface area contributed by atoms with Gasteiger partial charge in [-0.05, 0) is 18.1 Å². The molecule has 0 aliphatic rings. The number of tetrazole rings is 1. The molecule has 0 aromatic carbocycles. The number of hydrogen-bond donors (Lipinski definition) is 3. The molecule has 0 saturated heterocycles. The molecule has 1 aromatic heterocycles. The van der Waals surface area contributed by atoms with Crippen LogP contribution >= 0.6 is 0 Å². The Hall–Kier alpha value is -1.50. The van der Waals surface area contributed by atoms with Crippen LogP contribution in [-0.4, -0.2) is 33.1 Å². The van der Waals surface area contributed by atoms with Crippen molar-refractivity contribution < 1.29 is 4.79 Å². The monoisotopic (exact) mass is 212 g/mol. The second-order valence-electron chi connectivity index (χ2n) is 3.38. The van der Waals surface area contributed by atoms with Crippen molar-refractivity contribution in [1.82, 2.24) is 20.6 Å². The summed E-state index contributed by atoms with van der Waals surface area (Å²) < 4.78 is 0. The lowest BCUT2D eigenvalue weighted by molar-refractivity contribution is -0.125. The number of nitrogens with two attached hydrogens (primary N) is 1. The average Bonchev–Trinajstić information content (AvgIpc) is 2.74. The Bertz CT molecular complexity index is 297. The lowest BCUT2D eigenvalue weighted by Crippen LogP contribution is -2.41. The van der Waals surface area contributed by atoms with Gasteiger partial charge in [0, 0.05) is 6.54 Å². The summed E-state index contributed by atoms with van der Waals surface area (Å²) in [5, 5.41) is 15.5. The number of nitrogens with one attached hydrogen (secondary N) is 2. The summed E-state index contributed by atoms with van der Waals surface area (Å²) >= 11 is 0. The van der Waals surface area contributed by atoms with E-state index < -0.39 is 5.41 Å². The standard InChI is InChI=1S/C8H16N6O/c1-3-8(4-2,5-9)6(15)10-7-11-13-14-12-7/h3-5,9H2,1-2H3,(H2,10,11,12,13,14,15). The molecule has 1 heterocycles. The first kappa shape index (κ1) is 11.6. The van der Waals surface area contributed by atoms with Gasteiger partial charge in [0.25, 0.3) is 5.95 Å². The Morgan fingerprint density at radius 2 is 2.20 bits per heavy atom. The largest absolute Gasteiger partial charge is 0.329 e. The van der Waals surface area contributed by atoms with Crippen molar-refractivity contribution in [2.45, 2.75) is 26.7 Å². The van der Waals surface area contributed by atoms with Crippen molar-refractivity contribution in [3.8, 4) is 0 Å². The maximum absolute atomic E-state index is 11.9. The van der Waals surface area contributed by atoms with E-state index >= 15 is 0 Å². The molecule has 0 atom stereocenters. The van der Waals surface area contributed by atoms with Gasteiger partial charge in [0.15, 0.2) is 0 Å². The molecule has 0 aliphatic heterocycles. The summed E-state index contributed by atoms with van der Waals surface area (Å²) in [5.41, 5.74) is 5.09. The Kier molecular flexibility index (Phi) is 3.73. The summed E-state index contributed by atoms with van der Waals surface area (Å²) in [7, 11) is 0. The van der Waals surface area contributed by atoms with E-state index in [9.17, 15) is 4.79 Å². The first-order chi connectivity index (χ1) is 7.18. The van der Waals surface area contributed by atoms with Crippen molar-refractivity contribution in [2.75, 3.05) is 11.9 Å². The van der Waals surface area contributed by atoms with Crippen LogP contribution in [0.5, 0.6) is 0 Å². The zero-order valence-electron chi connectivity index (χ0n) is 8.95. The number of carbonyl (C=O) groups is 1. The third kappa shape index (κ3) is 2.30. The first-order valence-electron chi connectivity index (χ1n) is 4.93. The van der Waals surface area contributed by atoms with Gasteiger partial charge in [-0.25, -0.2) is 0 Å². The number of rotatable bonds is 5. The van der Waals surface area contributed by atoms with Crippen molar-refractivity contribution >= 4 is 11.9 Å². The minimum absolute atomic E-state index is 0.156. The van der Waals surface area contributed by atoms with Gasteiger partial charge >= 0.3 is 0 Å². The molecule has 0 fully saturated rings. The van der Waals surface area contributed by atoms with E-state index in [1.165, 1.54) is 0 Å². The number of anilines is 1. The fraction of sp³-hybridized carbons (Fsp3) is 0.750. The van der Waals surface area contributed by atoms with E-state index in [-0.39, 0.29) is 11.9 Å². The summed E-state index contributed by atoms with van der Waals surface area (Å²) in [6.07, 6.45) is 1.37. The highest BCUT2D eigenvalue weighted by Gasteiger charge is 2.33. The highest BCUT2D eigenvalue weighted by Crippen LogP contribution is 2.25. The number of aromatic amines is 1. The lowest BCUT2D eigenvalue weighted by atomic mass is 9.81. The third-order valence-corrected chi connectivity index (χ3v) is 2.80. The highest BCUT2D eigenvalue weighted by atomic mass is 16.2. The average molecular weight is 212 g/mol. The number of aromatic nitrogens is 4. The van der Waals surface area contributed by atoms with Gasteiger partial charge in [-0.3, -0.25) is 10.1 Å². The minimum Gasteiger partial charge on any atom is -0.329 e. The lowest BCUT2D eigenvalue weighted by Gasteiger charge is -2.27. The molecule has 7 heteroatoms. The number of hydrogen-bond acceptors (Lipinski definition) is 5. The quantitative estimate of drug-likeness (QED) is 0.631. The summed E-state index contributed by atoms with van der Waals surface area (Å²) in [4.78, 5) is 11.9. The van der Waals surface area contributed by atoms with Crippen LogP contribution in [0, 0.1) is 5.41 Å². The predicted molar refractivity (Wildman–Crippen MR) is 54.9 cm³/mol. The topological polar surface area (TPSA) is 110 Å². The second-order valence-corrected chi connectivity index (χ2v) is 3.38. The van der Waals surface area contributed by atoms with E-state index in [4.69, 9.17) is 5.73 Å². The number of carbonyl (C=O) groups excluding carboxylic acids is 1. The smallest absolute Gasteiger partial charge is 0.269 e. The molecule has 0 bridgehead atoms. The molecule has 0 aliphatic carbocycles. The second kappa shape index (κ2) is 4.83. The molecular weight excluding hydrogens is 196 g/mol. The molecule has 4 N–H and O–H groups in total. The molecule has 1 rings (SSSR count). The normalized spacial score (nSPS) is 11.4. The molecule has 1 amide bonds. The van der Waals surface area contributed by atoms with Gasteiger partial charge < -0.3 is 5.73 Å². The molecule has 7 nitrogen and oxygen atoms in total. The predicted octanol–water partition coefficient (Wildman–Crippen LogP) is -0.0967. The minimum atomic E-state index is -0.541. The van der Waals surface area contributed by atoms with Crippen LogP contribution in [0.2, 0.25) is 0 Å². The Morgan fingerprint density at radius 1 is 1.53 bits per heavy atom. The van der Waals surface area contributed by atoms with Gasteiger partial charge in [0.2, 0.25) is 5.91 Å². The van der Waals surface area contributed by atoms with E-state index in [1.54, 1.807) is 0 Å². The van der Waals surface area contributed by atoms with Crippen molar-refractivity contribution in [3.63, 3.8) is 0 Å². The van der Waals surface area contributed by atoms with Gasteiger partial charge in [-0.2, -0.15) is 5.21 Å². The Balaban J connectivity index is 2.73. The van der Waals surface area contributed by atoms with Crippen LogP contribution in [0.3, 0.4) is 0 Å². The SMILES string of the molecule is CCC(CC)(CN)C(=O)Nc1nn[nH]n1. The fourth-order valence-corrected chi connectivity index (χ4v) is 1.40. The van der Waals surface area contributed by atoms with Crippen LogP contribution in [0.15, 0.2) is 0 Å². The van der Waals surface area contributed by atoms with Gasteiger partial charge in [0.1, 0.15) is 0 Å². The zero-order chi connectivity index (χ0) is 11.3. The van der Waals surface area contributed by atoms with Crippen LogP contribution in [0.1, 0.15) is 26.7 Å². The van der Waals surface area contributed by atoms with E-state index in [0.717, 1.165) is 0 Å². The molecule has 0 radical (unpaired) electrons. The summed E-state index contributed by atoms with van der Waals surface area (Å²) in [5.74, 6) is 0.0242. The van der Waals surface area contributed by atoms with Crippen molar-refractivity contribution in [2.24, 2.45) is 11.1 Å². The number of nitrogens with zero attached hydrogens (tertiary/aromatic N) is 3. The van der Waals surface area contributed by atoms with Gasteiger partial charge in [-0.15, -0.1) is 5.10 Å². The van der Waals surface area contributed by atoms with Crippen LogP contribution in [-0.2, 0) is 4.79 Å². The van der Waals surface area contributed by atoms with Gasteiger partial charge in [0.05, 0.1) is 5.41 Å². The Morgan fingerprint density at radius 3 is 2.60 bits per heavy atom. The van der Waals surface area contributed by atoms with Crippen molar-refractivity contribution in [3.05, 3.63) is 0 Å². The molecule has 0 spiro atoms. The molecule has 84 valence electrons. The van der Waals surface area contributed by atoms with E-state index in [1.807, 2.05) is 13.8 Å². The van der Waals surface area contributed by atoms with Crippen LogP contribution < -0.4 is 11.1 Å². The zero-order valence-corrected chi connectivity index (χ0v) is 8.95. The maximum Gasteiger partial charge on any atom is 0.269 e. The van der Waals surface area contributed by atoms with E-state index in [0.29, 0.717) is 19.4 Å². The van der Waals surface area contributed by atoms with Crippen LogP contribution in [0.25, 0.3) is 0 Å².